The maximum absolute atomic E-state index is 12.5. The van der Waals surface area contributed by atoms with E-state index in [0.717, 1.165) is 26.7 Å². The fourth-order valence-corrected chi connectivity index (χ4v) is 4.00. The molecule has 0 fully saturated rings. The smallest absolute Gasteiger partial charge is 0.263 e. The number of nitrogens with zero attached hydrogens (tertiary/aromatic N) is 1. The summed E-state index contributed by atoms with van der Waals surface area (Å²) in [4.78, 5) is 18.5. The number of hydrogen-bond donors (Lipinski definition) is 2. The van der Waals surface area contributed by atoms with Crippen LogP contribution in [0.4, 0.5) is 5.69 Å². The van der Waals surface area contributed by atoms with Gasteiger partial charge in [-0.15, -0.1) is 11.3 Å². The Kier molecular flexibility index (Phi) is 3.69. The van der Waals surface area contributed by atoms with Crippen LogP contribution in [0, 0.1) is 13.8 Å². The van der Waals surface area contributed by atoms with Crippen LogP contribution in [0.3, 0.4) is 0 Å². The number of thiophene rings is 1. The van der Waals surface area contributed by atoms with Crippen LogP contribution < -0.4 is 11.1 Å². The molecule has 5 nitrogen and oxygen atoms in total. The number of nitrogens with two attached hydrogens (primary N) is 1. The summed E-state index contributed by atoms with van der Waals surface area (Å²) in [6.07, 6.45) is 1.58. The van der Waals surface area contributed by atoms with Gasteiger partial charge in [0.1, 0.15) is 15.5 Å². The Balaban J connectivity index is 1.74. The van der Waals surface area contributed by atoms with Gasteiger partial charge in [-0.25, -0.2) is 4.98 Å². The van der Waals surface area contributed by atoms with Crippen molar-refractivity contribution >= 4 is 44.1 Å². The molecular weight excluding hydrogens is 334 g/mol. The van der Waals surface area contributed by atoms with Gasteiger partial charge < -0.3 is 15.5 Å². The van der Waals surface area contributed by atoms with Crippen molar-refractivity contribution in [3.63, 3.8) is 0 Å². The third-order valence-electron chi connectivity index (χ3n) is 4.16. The average Bonchev–Trinajstić information content (AvgIpc) is 3.20. The van der Waals surface area contributed by atoms with Gasteiger partial charge in [0.05, 0.1) is 24.0 Å². The maximum Gasteiger partial charge on any atom is 0.263 e. The van der Waals surface area contributed by atoms with Crippen LogP contribution in [0.5, 0.6) is 0 Å². The molecule has 0 spiro atoms. The number of nitrogens with one attached hydrogen (secondary N) is 1. The van der Waals surface area contributed by atoms with E-state index in [2.05, 4.69) is 24.4 Å². The normalized spacial score (nSPS) is 11.3. The van der Waals surface area contributed by atoms with Crippen LogP contribution in [0.1, 0.15) is 26.6 Å². The zero-order valence-corrected chi connectivity index (χ0v) is 14.7. The molecule has 6 heteroatoms. The number of hydrogen-bond acceptors (Lipinski definition) is 5. The molecule has 25 heavy (non-hydrogen) atoms. The third-order valence-corrected chi connectivity index (χ3v) is 5.27. The first-order valence-corrected chi connectivity index (χ1v) is 8.75. The van der Waals surface area contributed by atoms with E-state index in [9.17, 15) is 4.79 Å². The van der Waals surface area contributed by atoms with Crippen LogP contribution >= 0.6 is 11.3 Å². The minimum Gasteiger partial charge on any atom is -0.467 e. The number of carbonyl (C=O) groups is 1. The molecule has 126 valence electrons. The second kappa shape index (κ2) is 5.89. The summed E-state index contributed by atoms with van der Waals surface area (Å²) >= 11 is 1.32. The molecule has 0 atom stereocenters. The van der Waals surface area contributed by atoms with Gasteiger partial charge in [0.15, 0.2) is 0 Å². The highest BCUT2D eigenvalue weighted by atomic mass is 32.1. The van der Waals surface area contributed by atoms with E-state index in [4.69, 9.17) is 15.1 Å². The number of rotatable bonds is 3. The number of anilines is 1. The summed E-state index contributed by atoms with van der Waals surface area (Å²) in [6, 6.07) is 9.81. The van der Waals surface area contributed by atoms with Crippen LogP contribution in [0.15, 0.2) is 41.0 Å². The van der Waals surface area contributed by atoms with Crippen molar-refractivity contribution in [1.29, 1.82) is 0 Å². The Hall–Kier alpha value is -2.86. The molecule has 3 N–H and O–H groups in total. The fourth-order valence-electron chi connectivity index (χ4n) is 3.01. The second-order valence-corrected chi connectivity index (χ2v) is 7.10. The number of fused-ring (bicyclic) bond motifs is 2. The van der Waals surface area contributed by atoms with Crippen LogP contribution in [-0.2, 0) is 6.54 Å². The number of carbonyl (C=O) groups excluding carboxylic acids is 1. The summed E-state index contributed by atoms with van der Waals surface area (Å²) in [5.74, 6) is 0.483. The Morgan fingerprint density at radius 3 is 2.92 bits per heavy atom. The van der Waals surface area contributed by atoms with Crippen molar-refractivity contribution < 1.29 is 9.21 Å². The average molecular weight is 351 g/mol. The number of pyridine rings is 1. The second-order valence-electron chi connectivity index (χ2n) is 6.10. The molecule has 0 radical (unpaired) electrons. The summed E-state index contributed by atoms with van der Waals surface area (Å²) in [6.45, 7) is 4.43. The number of nitrogen functional groups attached to an aromatic ring is 1. The van der Waals surface area contributed by atoms with Gasteiger partial charge in [-0.05, 0) is 43.7 Å². The topological polar surface area (TPSA) is 81.2 Å². The minimum absolute atomic E-state index is 0.214. The molecule has 1 amide bonds. The lowest BCUT2D eigenvalue weighted by atomic mass is 10.1. The summed E-state index contributed by atoms with van der Waals surface area (Å²) in [5, 5.41) is 4.70. The largest absolute Gasteiger partial charge is 0.467 e. The lowest BCUT2D eigenvalue weighted by Gasteiger charge is -2.04. The lowest BCUT2D eigenvalue weighted by Crippen LogP contribution is -2.22. The number of aryl methyl sites for hydroxylation is 2. The number of benzene rings is 1. The molecule has 0 saturated heterocycles. The molecule has 0 aliphatic rings. The SMILES string of the molecule is Cc1cc(C)c2nc3sc(C(=O)NCc4ccco4)c(N)c3cc2c1. The number of amides is 1. The van der Waals surface area contributed by atoms with Crippen molar-refractivity contribution in [2.75, 3.05) is 5.73 Å². The van der Waals surface area contributed by atoms with E-state index in [-0.39, 0.29) is 5.91 Å². The molecule has 4 rings (SSSR count). The summed E-state index contributed by atoms with van der Waals surface area (Å²) in [7, 11) is 0. The molecule has 0 unspecified atom stereocenters. The summed E-state index contributed by atoms with van der Waals surface area (Å²) < 4.78 is 5.23. The van der Waals surface area contributed by atoms with Crippen molar-refractivity contribution in [2.45, 2.75) is 20.4 Å². The highest BCUT2D eigenvalue weighted by Gasteiger charge is 2.18. The monoisotopic (exact) mass is 351 g/mol. The molecule has 0 bridgehead atoms. The first kappa shape index (κ1) is 15.7. The molecule has 0 aliphatic carbocycles. The van der Waals surface area contributed by atoms with Gasteiger partial charge in [-0.3, -0.25) is 4.79 Å². The van der Waals surface area contributed by atoms with Crippen molar-refractivity contribution in [3.8, 4) is 0 Å². The highest BCUT2D eigenvalue weighted by Crippen LogP contribution is 2.35. The van der Waals surface area contributed by atoms with Gasteiger partial charge in [0.2, 0.25) is 0 Å². The van der Waals surface area contributed by atoms with Gasteiger partial charge in [0.25, 0.3) is 5.91 Å². The predicted octanol–water partition coefficient (Wildman–Crippen LogP) is 4.17. The van der Waals surface area contributed by atoms with Crippen molar-refractivity contribution in [2.24, 2.45) is 0 Å². The van der Waals surface area contributed by atoms with E-state index >= 15 is 0 Å². The lowest BCUT2D eigenvalue weighted by molar-refractivity contribution is 0.0953. The fraction of sp³-hybridized carbons (Fsp3) is 0.158. The van der Waals surface area contributed by atoms with Gasteiger partial charge in [-0.2, -0.15) is 0 Å². The van der Waals surface area contributed by atoms with Gasteiger partial charge in [-0.1, -0.05) is 11.6 Å². The van der Waals surface area contributed by atoms with E-state index in [1.54, 1.807) is 12.3 Å². The Morgan fingerprint density at radius 2 is 2.16 bits per heavy atom. The standard InChI is InChI=1S/C19H17N3O2S/c1-10-6-11(2)16-12(7-10)8-14-15(20)17(25-19(14)22-16)18(23)21-9-13-4-3-5-24-13/h3-8H,9,20H2,1-2H3,(H,21,23). The molecule has 4 aromatic rings. The maximum atomic E-state index is 12.5. The quantitative estimate of drug-likeness (QED) is 0.580. The zero-order valence-electron chi connectivity index (χ0n) is 13.9. The van der Waals surface area contributed by atoms with Gasteiger partial charge in [0, 0.05) is 10.8 Å². The van der Waals surface area contributed by atoms with Crippen molar-refractivity contribution in [1.82, 2.24) is 10.3 Å². The Bertz CT molecular complexity index is 1100. The minimum atomic E-state index is -0.214. The van der Waals surface area contributed by atoms with Crippen molar-refractivity contribution in [3.05, 3.63) is 58.4 Å². The molecule has 3 aromatic heterocycles. The van der Waals surface area contributed by atoms with Crippen LogP contribution in [0.25, 0.3) is 21.1 Å². The Labute approximate surface area is 148 Å². The van der Waals surface area contributed by atoms with Crippen LogP contribution in [-0.4, -0.2) is 10.9 Å². The van der Waals surface area contributed by atoms with E-state index in [1.165, 1.54) is 16.9 Å². The zero-order chi connectivity index (χ0) is 17.6. The highest BCUT2D eigenvalue weighted by molar-refractivity contribution is 7.21. The summed E-state index contributed by atoms with van der Waals surface area (Å²) in [5.41, 5.74) is 9.96. The first-order valence-electron chi connectivity index (χ1n) is 7.93. The molecule has 0 saturated carbocycles. The van der Waals surface area contributed by atoms with E-state index in [1.807, 2.05) is 19.1 Å². The van der Waals surface area contributed by atoms with Gasteiger partial charge >= 0.3 is 0 Å². The Morgan fingerprint density at radius 1 is 1.32 bits per heavy atom. The molecular formula is C19H17N3O2S. The predicted molar refractivity (Wildman–Crippen MR) is 101 cm³/mol. The first-order chi connectivity index (χ1) is 12.0. The van der Waals surface area contributed by atoms with Crippen LogP contribution in [0.2, 0.25) is 0 Å². The molecule has 1 aromatic carbocycles. The molecule has 3 heterocycles. The van der Waals surface area contributed by atoms with E-state index < -0.39 is 0 Å². The number of aromatic nitrogens is 1. The third kappa shape index (κ3) is 2.74. The number of furan rings is 1. The van der Waals surface area contributed by atoms with E-state index in [0.29, 0.717) is 22.9 Å². The molecule has 0 aliphatic heterocycles.